The average molecular weight is 286 g/mol. The van der Waals surface area contributed by atoms with Crippen molar-refractivity contribution < 1.29 is 5.11 Å². The number of thioether (sulfide) groups is 1. The molecule has 2 heterocycles. The van der Waals surface area contributed by atoms with E-state index in [-0.39, 0.29) is 11.3 Å². The lowest BCUT2D eigenvalue weighted by molar-refractivity contribution is 0.476. The highest BCUT2D eigenvalue weighted by molar-refractivity contribution is 7.98. The fraction of sp³-hybridized carbons (Fsp3) is 0.0769. The van der Waals surface area contributed by atoms with Crippen LogP contribution in [0.1, 0.15) is 0 Å². The molecule has 0 radical (unpaired) electrons. The number of nitrogens with zero attached hydrogens (tertiary/aromatic N) is 4. The lowest BCUT2D eigenvalue weighted by atomic mass is 10.2. The predicted octanol–water partition coefficient (Wildman–Crippen LogP) is 1.60. The first-order valence-corrected chi connectivity index (χ1v) is 6.98. The molecule has 0 saturated carbocycles. The Morgan fingerprint density at radius 2 is 1.95 bits per heavy atom. The number of aromatic nitrogens is 4. The lowest BCUT2D eigenvalue weighted by Crippen LogP contribution is -2.19. The molecule has 3 rings (SSSR count). The van der Waals surface area contributed by atoms with E-state index in [1.807, 2.05) is 6.26 Å². The van der Waals surface area contributed by atoms with Crippen molar-refractivity contribution in [1.29, 1.82) is 0 Å². The monoisotopic (exact) mass is 286 g/mol. The Balaban J connectivity index is 2.20. The van der Waals surface area contributed by atoms with Crippen molar-refractivity contribution in [1.82, 2.24) is 19.5 Å². The molecule has 0 fully saturated rings. The highest BCUT2D eigenvalue weighted by atomic mass is 32.2. The molecule has 2 aromatic heterocycles. The molecule has 0 unspecified atom stereocenters. The molecule has 6 nitrogen and oxygen atoms in total. The molecule has 0 bridgehead atoms. The van der Waals surface area contributed by atoms with E-state index in [2.05, 4.69) is 15.0 Å². The Bertz CT molecular complexity index is 830. The van der Waals surface area contributed by atoms with Gasteiger partial charge in [0.1, 0.15) is 12.1 Å². The Labute approximate surface area is 118 Å². The summed E-state index contributed by atoms with van der Waals surface area (Å²) in [6.45, 7) is 0. The molecule has 1 N–H and O–H groups in total. The van der Waals surface area contributed by atoms with Gasteiger partial charge in [-0.15, -0.1) is 0 Å². The van der Waals surface area contributed by atoms with E-state index < -0.39 is 0 Å². The average Bonchev–Trinajstić information content (AvgIpc) is 2.48. The molecule has 0 saturated heterocycles. The van der Waals surface area contributed by atoms with Crippen molar-refractivity contribution in [3.8, 4) is 11.4 Å². The van der Waals surface area contributed by atoms with Crippen LogP contribution in [0.2, 0.25) is 0 Å². The van der Waals surface area contributed by atoms with Crippen molar-refractivity contribution in [2.24, 2.45) is 0 Å². The highest BCUT2D eigenvalue weighted by Crippen LogP contribution is 2.15. The van der Waals surface area contributed by atoms with Crippen molar-refractivity contribution >= 4 is 22.7 Å². The van der Waals surface area contributed by atoms with Gasteiger partial charge in [0.2, 0.25) is 0 Å². The molecule has 0 amide bonds. The summed E-state index contributed by atoms with van der Waals surface area (Å²) >= 11 is 1.42. The summed E-state index contributed by atoms with van der Waals surface area (Å²) in [5.74, 6) is 0.0307. The Morgan fingerprint density at radius 1 is 1.20 bits per heavy atom. The van der Waals surface area contributed by atoms with E-state index in [9.17, 15) is 9.90 Å². The summed E-state index contributed by atoms with van der Waals surface area (Å²) in [5, 5.41) is 10.5. The first-order valence-electron chi connectivity index (χ1n) is 5.76. The van der Waals surface area contributed by atoms with Gasteiger partial charge in [-0.25, -0.2) is 15.0 Å². The maximum Gasteiger partial charge on any atom is 0.266 e. The highest BCUT2D eigenvalue weighted by Gasteiger charge is 2.07. The zero-order valence-corrected chi connectivity index (χ0v) is 11.3. The van der Waals surface area contributed by atoms with E-state index in [1.165, 1.54) is 34.8 Å². The van der Waals surface area contributed by atoms with Crippen molar-refractivity contribution in [2.75, 3.05) is 6.26 Å². The third kappa shape index (κ3) is 2.12. The van der Waals surface area contributed by atoms with Crippen LogP contribution >= 0.6 is 11.8 Å². The largest absolute Gasteiger partial charge is 0.508 e. The minimum atomic E-state index is -0.272. The van der Waals surface area contributed by atoms with E-state index in [0.717, 1.165) is 0 Å². The standard InChI is InChI=1S/C13H10N4O2S/c1-20-13-14-5-8(6-15-13)17-7-16-11-3-2-9(18)4-10(11)12(17)19/h2-7,18H,1H3. The number of hydrogen-bond donors (Lipinski definition) is 1. The van der Waals surface area contributed by atoms with Gasteiger partial charge in [0.25, 0.3) is 5.56 Å². The normalized spacial score (nSPS) is 10.8. The summed E-state index contributed by atoms with van der Waals surface area (Å²) in [6, 6.07) is 4.50. The zero-order valence-electron chi connectivity index (χ0n) is 10.5. The SMILES string of the molecule is CSc1ncc(-n2cnc3ccc(O)cc3c2=O)cn1. The van der Waals surface area contributed by atoms with Crippen molar-refractivity contribution in [2.45, 2.75) is 5.16 Å². The molecular weight excluding hydrogens is 276 g/mol. The van der Waals surface area contributed by atoms with E-state index in [0.29, 0.717) is 21.7 Å². The van der Waals surface area contributed by atoms with Gasteiger partial charge in [-0.1, -0.05) is 11.8 Å². The molecule has 0 atom stereocenters. The number of phenolic OH excluding ortho intramolecular Hbond substituents is 1. The summed E-state index contributed by atoms with van der Waals surface area (Å²) in [6.07, 6.45) is 6.44. The third-order valence-corrected chi connectivity index (χ3v) is 3.39. The summed E-state index contributed by atoms with van der Waals surface area (Å²) in [7, 11) is 0. The first-order chi connectivity index (χ1) is 9.69. The van der Waals surface area contributed by atoms with Gasteiger partial charge in [0, 0.05) is 0 Å². The van der Waals surface area contributed by atoms with Gasteiger partial charge in [-0.05, 0) is 24.5 Å². The van der Waals surface area contributed by atoms with Crippen LogP contribution in [-0.4, -0.2) is 30.9 Å². The molecule has 1 aromatic carbocycles. The topological polar surface area (TPSA) is 80.9 Å². The lowest BCUT2D eigenvalue weighted by Gasteiger charge is -2.06. The molecule has 3 aromatic rings. The minimum absolute atomic E-state index is 0.0307. The second kappa shape index (κ2) is 4.93. The quantitative estimate of drug-likeness (QED) is 0.569. The van der Waals surface area contributed by atoms with Gasteiger partial charge < -0.3 is 5.11 Å². The molecule has 0 aliphatic heterocycles. The Kier molecular flexibility index (Phi) is 3.11. The maximum absolute atomic E-state index is 12.4. The van der Waals surface area contributed by atoms with E-state index in [1.54, 1.807) is 18.5 Å². The number of benzene rings is 1. The fourth-order valence-electron chi connectivity index (χ4n) is 1.83. The molecule has 0 spiro atoms. The van der Waals surface area contributed by atoms with Gasteiger partial charge in [0.15, 0.2) is 5.16 Å². The summed E-state index contributed by atoms with van der Waals surface area (Å²) < 4.78 is 1.35. The zero-order chi connectivity index (χ0) is 14.1. The molecule has 20 heavy (non-hydrogen) atoms. The van der Waals surface area contributed by atoms with Crippen LogP contribution in [0, 0.1) is 0 Å². The van der Waals surface area contributed by atoms with E-state index in [4.69, 9.17) is 0 Å². The van der Waals surface area contributed by atoms with Crippen LogP contribution in [0.25, 0.3) is 16.6 Å². The molecule has 0 aliphatic carbocycles. The van der Waals surface area contributed by atoms with Crippen LogP contribution in [0.5, 0.6) is 5.75 Å². The van der Waals surface area contributed by atoms with Crippen LogP contribution in [0.3, 0.4) is 0 Å². The second-order valence-corrected chi connectivity index (χ2v) is 4.82. The van der Waals surface area contributed by atoms with Crippen LogP contribution < -0.4 is 5.56 Å². The van der Waals surface area contributed by atoms with Crippen molar-refractivity contribution in [3.63, 3.8) is 0 Å². The molecular formula is C13H10N4O2S. The minimum Gasteiger partial charge on any atom is -0.508 e. The summed E-state index contributed by atoms with van der Waals surface area (Å²) in [5.41, 5.74) is 0.794. The Hall–Kier alpha value is -2.41. The molecule has 0 aliphatic rings. The molecule has 100 valence electrons. The van der Waals surface area contributed by atoms with Crippen LogP contribution in [-0.2, 0) is 0 Å². The number of aromatic hydroxyl groups is 1. The predicted molar refractivity (Wildman–Crippen MR) is 76.4 cm³/mol. The van der Waals surface area contributed by atoms with Crippen LogP contribution in [0.4, 0.5) is 0 Å². The van der Waals surface area contributed by atoms with Crippen molar-refractivity contribution in [3.05, 3.63) is 47.3 Å². The summed E-state index contributed by atoms with van der Waals surface area (Å²) in [4.78, 5) is 24.8. The van der Waals surface area contributed by atoms with Gasteiger partial charge in [-0.2, -0.15) is 0 Å². The number of hydrogen-bond acceptors (Lipinski definition) is 6. The third-order valence-electron chi connectivity index (χ3n) is 2.82. The van der Waals surface area contributed by atoms with E-state index >= 15 is 0 Å². The number of rotatable bonds is 2. The second-order valence-electron chi connectivity index (χ2n) is 4.05. The number of phenols is 1. The smallest absolute Gasteiger partial charge is 0.266 e. The van der Waals surface area contributed by atoms with Gasteiger partial charge in [0.05, 0.1) is 29.0 Å². The Morgan fingerprint density at radius 3 is 2.65 bits per heavy atom. The molecule has 7 heteroatoms. The van der Waals surface area contributed by atoms with Gasteiger partial charge >= 0.3 is 0 Å². The maximum atomic E-state index is 12.4. The first kappa shape index (κ1) is 12.6. The van der Waals surface area contributed by atoms with Gasteiger partial charge in [-0.3, -0.25) is 9.36 Å². The van der Waals surface area contributed by atoms with Crippen LogP contribution in [0.15, 0.2) is 46.9 Å². The number of fused-ring (bicyclic) bond motifs is 1. The fourth-order valence-corrected chi connectivity index (χ4v) is 2.15.